The van der Waals surface area contributed by atoms with E-state index in [0.717, 1.165) is 10.7 Å². The maximum atomic E-state index is 12.3. The first-order valence-electron chi connectivity index (χ1n) is 7.95. The quantitative estimate of drug-likeness (QED) is 0.636. The maximum Gasteiger partial charge on any atom is 0.271 e. The highest BCUT2D eigenvalue weighted by atomic mass is 32.2. The Labute approximate surface area is 154 Å². The van der Waals surface area contributed by atoms with Crippen LogP contribution in [0.1, 0.15) is 26.9 Å². The minimum Gasteiger partial charge on any atom is -0.350 e. The number of nitrogens with one attached hydrogen (secondary N) is 3. The zero-order valence-electron chi connectivity index (χ0n) is 14.3. The van der Waals surface area contributed by atoms with Crippen LogP contribution in [-0.2, 0) is 21.1 Å². The van der Waals surface area contributed by atoms with Gasteiger partial charge in [0.2, 0.25) is 5.91 Å². The standard InChI is InChI=1S/C15H19N5O4S2/c1-8-10(17-7-16-8)3-14(21)19-12-5-26(23,24)6-13(12)20-15(22)11-4-25-9(2)18-11/h4,7,12-13H,3,5-6H2,1-2H3,(H,16,17)(H,19,21)(H,20,22)/t12-,13-/m1/s1. The molecule has 2 aromatic heterocycles. The van der Waals surface area contributed by atoms with E-state index in [-0.39, 0.29) is 29.5 Å². The largest absolute Gasteiger partial charge is 0.350 e. The van der Waals surface area contributed by atoms with Crippen LogP contribution >= 0.6 is 11.3 Å². The van der Waals surface area contributed by atoms with Crippen LogP contribution in [0.4, 0.5) is 0 Å². The second kappa shape index (κ2) is 7.16. The SMILES string of the molecule is Cc1nc(C(=O)N[C@@H]2CS(=O)(=O)C[C@H]2NC(=O)Cc2nc[nH]c2C)cs1. The summed E-state index contributed by atoms with van der Waals surface area (Å²) in [6, 6.07) is -1.38. The molecule has 2 amide bonds. The van der Waals surface area contributed by atoms with Crippen molar-refractivity contribution in [2.24, 2.45) is 0 Å². The molecule has 0 spiro atoms. The Morgan fingerprint density at radius 2 is 1.96 bits per heavy atom. The Bertz CT molecular complexity index is 933. The molecule has 0 saturated carbocycles. The fourth-order valence-corrected chi connectivity index (χ4v) is 5.27. The number of amides is 2. The summed E-state index contributed by atoms with van der Waals surface area (Å²) in [7, 11) is -3.35. The number of nitrogens with zero attached hydrogens (tertiary/aromatic N) is 2. The van der Waals surface area contributed by atoms with Crippen LogP contribution in [0.3, 0.4) is 0 Å². The van der Waals surface area contributed by atoms with Crippen molar-refractivity contribution < 1.29 is 18.0 Å². The van der Waals surface area contributed by atoms with Gasteiger partial charge in [-0.05, 0) is 13.8 Å². The lowest BCUT2D eigenvalue weighted by Crippen LogP contribution is -2.51. The Hall–Kier alpha value is -2.27. The third kappa shape index (κ3) is 4.28. The number of aromatic amines is 1. The molecule has 0 aromatic carbocycles. The topological polar surface area (TPSA) is 134 Å². The summed E-state index contributed by atoms with van der Waals surface area (Å²) in [6.07, 6.45) is 1.54. The zero-order valence-corrected chi connectivity index (χ0v) is 15.9. The highest BCUT2D eigenvalue weighted by molar-refractivity contribution is 7.91. The van der Waals surface area contributed by atoms with E-state index in [4.69, 9.17) is 0 Å². The van der Waals surface area contributed by atoms with Gasteiger partial charge in [0, 0.05) is 11.1 Å². The average Bonchev–Trinajstić information content (AvgIpc) is 3.21. The molecule has 1 saturated heterocycles. The van der Waals surface area contributed by atoms with Crippen LogP contribution in [0.2, 0.25) is 0 Å². The van der Waals surface area contributed by atoms with E-state index in [1.807, 2.05) is 0 Å². The maximum absolute atomic E-state index is 12.3. The van der Waals surface area contributed by atoms with Gasteiger partial charge in [0.25, 0.3) is 5.91 Å². The fourth-order valence-electron chi connectivity index (χ4n) is 2.82. The summed E-state index contributed by atoms with van der Waals surface area (Å²) < 4.78 is 24.0. The second-order valence-corrected chi connectivity index (χ2v) is 9.45. The molecular formula is C15H19N5O4S2. The molecule has 1 aliphatic heterocycles. The van der Waals surface area contributed by atoms with Crippen molar-refractivity contribution in [2.45, 2.75) is 32.4 Å². The molecule has 26 heavy (non-hydrogen) atoms. The van der Waals surface area contributed by atoms with Crippen molar-refractivity contribution >= 4 is 33.0 Å². The summed E-state index contributed by atoms with van der Waals surface area (Å²) in [4.78, 5) is 35.6. The number of hydrogen-bond acceptors (Lipinski definition) is 7. The van der Waals surface area contributed by atoms with Gasteiger partial charge in [0.05, 0.1) is 47.0 Å². The molecule has 9 nitrogen and oxygen atoms in total. The number of thiazole rings is 1. The van der Waals surface area contributed by atoms with Gasteiger partial charge in [-0.25, -0.2) is 18.4 Å². The fraction of sp³-hybridized carbons (Fsp3) is 0.467. The lowest BCUT2D eigenvalue weighted by Gasteiger charge is -2.20. The number of aromatic nitrogens is 3. The summed E-state index contributed by atoms with van der Waals surface area (Å²) in [5.74, 6) is -1.21. The van der Waals surface area contributed by atoms with Crippen molar-refractivity contribution in [2.75, 3.05) is 11.5 Å². The number of imidazole rings is 1. The minimum absolute atomic E-state index is 0.0395. The molecule has 0 unspecified atom stereocenters. The van der Waals surface area contributed by atoms with E-state index in [2.05, 4.69) is 25.6 Å². The molecule has 0 bridgehead atoms. The molecule has 1 fully saturated rings. The second-order valence-electron chi connectivity index (χ2n) is 6.23. The molecular weight excluding hydrogens is 378 g/mol. The highest BCUT2D eigenvalue weighted by Crippen LogP contribution is 2.15. The van der Waals surface area contributed by atoms with Crippen molar-refractivity contribution in [3.63, 3.8) is 0 Å². The van der Waals surface area contributed by atoms with Crippen LogP contribution in [0, 0.1) is 13.8 Å². The summed E-state index contributed by atoms with van der Waals surface area (Å²) >= 11 is 1.34. The minimum atomic E-state index is -3.35. The van der Waals surface area contributed by atoms with Crippen LogP contribution in [-0.4, -0.2) is 58.8 Å². The van der Waals surface area contributed by atoms with Crippen molar-refractivity contribution in [1.82, 2.24) is 25.6 Å². The summed E-state index contributed by atoms with van der Waals surface area (Å²) in [5, 5.41) is 7.74. The molecule has 1 aliphatic rings. The molecule has 3 N–H and O–H groups in total. The first kappa shape index (κ1) is 18.5. The van der Waals surface area contributed by atoms with Crippen LogP contribution in [0.25, 0.3) is 0 Å². The lowest BCUT2D eigenvalue weighted by molar-refractivity contribution is -0.121. The molecule has 11 heteroatoms. The Balaban J connectivity index is 1.67. The zero-order chi connectivity index (χ0) is 18.9. The van der Waals surface area contributed by atoms with Gasteiger partial charge in [-0.2, -0.15) is 0 Å². The molecule has 2 atom stereocenters. The van der Waals surface area contributed by atoms with Crippen LogP contribution in [0.5, 0.6) is 0 Å². The lowest BCUT2D eigenvalue weighted by atomic mass is 10.1. The van der Waals surface area contributed by atoms with Gasteiger partial charge in [0.15, 0.2) is 9.84 Å². The number of aryl methyl sites for hydroxylation is 2. The van der Waals surface area contributed by atoms with Crippen molar-refractivity contribution in [3.05, 3.63) is 33.8 Å². The van der Waals surface area contributed by atoms with E-state index in [0.29, 0.717) is 5.69 Å². The van der Waals surface area contributed by atoms with Crippen LogP contribution < -0.4 is 10.6 Å². The van der Waals surface area contributed by atoms with E-state index in [1.165, 1.54) is 17.7 Å². The van der Waals surface area contributed by atoms with E-state index < -0.39 is 27.8 Å². The highest BCUT2D eigenvalue weighted by Gasteiger charge is 2.39. The monoisotopic (exact) mass is 397 g/mol. The van der Waals surface area contributed by atoms with Gasteiger partial charge in [-0.15, -0.1) is 11.3 Å². The third-order valence-electron chi connectivity index (χ3n) is 4.13. The normalized spacial score (nSPS) is 21.5. The summed E-state index contributed by atoms with van der Waals surface area (Å²) in [5.41, 5.74) is 1.62. The molecule has 3 rings (SSSR count). The van der Waals surface area contributed by atoms with Crippen LogP contribution in [0.15, 0.2) is 11.7 Å². The number of carbonyl (C=O) groups is 2. The number of sulfone groups is 1. The summed E-state index contributed by atoms with van der Waals surface area (Å²) in [6.45, 7) is 3.58. The number of H-pyrrole nitrogens is 1. The average molecular weight is 397 g/mol. The number of hydrogen-bond donors (Lipinski definition) is 3. The smallest absolute Gasteiger partial charge is 0.271 e. The first-order valence-corrected chi connectivity index (χ1v) is 10.7. The predicted molar refractivity (Wildman–Crippen MR) is 95.7 cm³/mol. The molecule has 0 radical (unpaired) electrons. The van der Waals surface area contributed by atoms with Gasteiger partial charge in [-0.3, -0.25) is 9.59 Å². The number of carbonyl (C=O) groups excluding carboxylic acids is 2. The van der Waals surface area contributed by atoms with Crippen molar-refractivity contribution in [3.8, 4) is 0 Å². The Morgan fingerprint density at radius 3 is 2.54 bits per heavy atom. The Kier molecular flexibility index (Phi) is 5.10. The van der Waals surface area contributed by atoms with E-state index in [9.17, 15) is 18.0 Å². The van der Waals surface area contributed by atoms with Crippen molar-refractivity contribution in [1.29, 1.82) is 0 Å². The molecule has 0 aliphatic carbocycles. The molecule has 3 heterocycles. The third-order valence-corrected chi connectivity index (χ3v) is 6.64. The van der Waals surface area contributed by atoms with Gasteiger partial charge < -0.3 is 15.6 Å². The molecule has 140 valence electrons. The molecule has 2 aromatic rings. The van der Waals surface area contributed by atoms with Gasteiger partial charge in [0.1, 0.15) is 5.69 Å². The van der Waals surface area contributed by atoms with Gasteiger partial charge in [-0.1, -0.05) is 0 Å². The Morgan fingerprint density at radius 1 is 1.27 bits per heavy atom. The van der Waals surface area contributed by atoms with E-state index in [1.54, 1.807) is 19.2 Å². The number of rotatable bonds is 5. The predicted octanol–water partition coefficient (Wildman–Crippen LogP) is -0.263. The first-order chi connectivity index (χ1) is 12.2. The van der Waals surface area contributed by atoms with E-state index >= 15 is 0 Å². The van der Waals surface area contributed by atoms with Gasteiger partial charge >= 0.3 is 0 Å².